The Morgan fingerprint density at radius 3 is 2.63 bits per heavy atom. The lowest BCUT2D eigenvalue weighted by Gasteiger charge is -2.35. The van der Waals surface area contributed by atoms with E-state index in [1.165, 1.54) is 11.3 Å². The molecule has 1 amide bonds. The van der Waals surface area contributed by atoms with Crippen molar-refractivity contribution in [2.75, 3.05) is 32.7 Å². The fraction of sp³-hybridized carbons (Fsp3) is 0.300. The van der Waals surface area contributed by atoms with E-state index in [9.17, 15) is 9.90 Å². The van der Waals surface area contributed by atoms with E-state index in [0.29, 0.717) is 36.1 Å². The van der Waals surface area contributed by atoms with E-state index >= 15 is 0 Å². The van der Waals surface area contributed by atoms with Crippen LogP contribution in [0.15, 0.2) is 58.5 Å². The molecule has 0 bridgehead atoms. The minimum atomic E-state index is -0.511. The van der Waals surface area contributed by atoms with Gasteiger partial charge >= 0.3 is 0 Å². The number of carbonyl (C=O) groups excluding carboxylic acids is 1. The monoisotopic (exact) mass is 383 g/mol. The fourth-order valence-electron chi connectivity index (χ4n) is 3.21. The summed E-state index contributed by atoms with van der Waals surface area (Å²) in [6.45, 7) is 3.32. The molecule has 3 heterocycles. The maximum atomic E-state index is 12.7. The predicted molar refractivity (Wildman–Crippen MR) is 104 cm³/mol. The average Bonchev–Trinajstić information content (AvgIpc) is 3.40. The molecule has 27 heavy (non-hydrogen) atoms. The number of hydrogen-bond donors (Lipinski definition) is 1. The third-order valence-corrected chi connectivity index (χ3v) is 5.59. The van der Waals surface area contributed by atoms with Crippen LogP contribution < -0.4 is 0 Å². The lowest BCUT2D eigenvalue weighted by atomic mass is 10.1. The molecule has 1 aromatic carbocycles. The first-order chi connectivity index (χ1) is 13.2. The first kappa shape index (κ1) is 17.9. The summed E-state index contributed by atoms with van der Waals surface area (Å²) >= 11 is 1.41. The van der Waals surface area contributed by atoms with Crippen molar-refractivity contribution in [2.24, 2.45) is 0 Å². The van der Waals surface area contributed by atoms with E-state index < -0.39 is 6.10 Å². The van der Waals surface area contributed by atoms with Crippen molar-refractivity contribution in [1.29, 1.82) is 0 Å². The third-order valence-electron chi connectivity index (χ3n) is 4.73. The van der Waals surface area contributed by atoms with E-state index in [2.05, 4.69) is 9.88 Å². The second kappa shape index (κ2) is 8.04. The molecule has 2 aromatic heterocycles. The van der Waals surface area contributed by atoms with Gasteiger partial charge in [-0.25, -0.2) is 4.98 Å². The molecule has 0 saturated carbocycles. The van der Waals surface area contributed by atoms with Crippen LogP contribution in [0.4, 0.5) is 0 Å². The number of thiazole rings is 1. The molecular weight excluding hydrogens is 362 g/mol. The number of hydrogen-bond acceptors (Lipinski definition) is 6. The van der Waals surface area contributed by atoms with Crippen molar-refractivity contribution in [2.45, 2.75) is 6.10 Å². The molecule has 7 heteroatoms. The van der Waals surface area contributed by atoms with Crippen molar-refractivity contribution in [1.82, 2.24) is 14.8 Å². The molecule has 1 aliphatic heterocycles. The number of β-amino-alcohol motifs (C(OH)–C–C–N with tert-alkyl or cyclic N) is 1. The highest BCUT2D eigenvalue weighted by atomic mass is 32.1. The van der Waals surface area contributed by atoms with Gasteiger partial charge in [0.05, 0.1) is 12.4 Å². The number of nitrogens with zero attached hydrogens (tertiary/aromatic N) is 3. The van der Waals surface area contributed by atoms with Crippen LogP contribution in [0, 0.1) is 0 Å². The second-order valence-electron chi connectivity index (χ2n) is 6.53. The Balaban J connectivity index is 1.32. The number of aliphatic hydroxyl groups excluding tert-OH is 1. The zero-order chi connectivity index (χ0) is 18.6. The average molecular weight is 383 g/mol. The normalized spacial score (nSPS) is 16.4. The van der Waals surface area contributed by atoms with Gasteiger partial charge in [-0.1, -0.05) is 30.3 Å². The van der Waals surface area contributed by atoms with Crippen molar-refractivity contribution < 1.29 is 14.3 Å². The Morgan fingerprint density at radius 2 is 1.93 bits per heavy atom. The number of furan rings is 1. The minimum Gasteiger partial charge on any atom is -0.462 e. The molecule has 6 nitrogen and oxygen atoms in total. The summed E-state index contributed by atoms with van der Waals surface area (Å²) in [5.74, 6) is 0.631. The molecule has 1 N–H and O–H groups in total. The first-order valence-electron chi connectivity index (χ1n) is 8.95. The van der Waals surface area contributed by atoms with Crippen LogP contribution in [-0.2, 0) is 0 Å². The van der Waals surface area contributed by atoms with E-state index in [-0.39, 0.29) is 5.91 Å². The Labute approximate surface area is 161 Å². The van der Waals surface area contributed by atoms with Crippen molar-refractivity contribution in [3.63, 3.8) is 0 Å². The summed E-state index contributed by atoms with van der Waals surface area (Å²) in [5.41, 5.74) is 1.38. The molecule has 1 unspecified atom stereocenters. The number of carbonyl (C=O) groups is 1. The van der Waals surface area contributed by atoms with Crippen molar-refractivity contribution >= 4 is 17.2 Å². The summed E-state index contributed by atoms with van der Waals surface area (Å²) in [4.78, 5) is 21.1. The van der Waals surface area contributed by atoms with Crippen LogP contribution >= 0.6 is 11.3 Å². The zero-order valence-electron chi connectivity index (χ0n) is 14.8. The van der Waals surface area contributed by atoms with E-state index in [0.717, 1.165) is 18.7 Å². The quantitative estimate of drug-likeness (QED) is 0.734. The summed E-state index contributed by atoms with van der Waals surface area (Å²) in [6, 6.07) is 13.3. The van der Waals surface area contributed by atoms with Gasteiger partial charge in [0, 0.05) is 38.1 Å². The molecule has 0 radical (unpaired) electrons. The van der Waals surface area contributed by atoms with Crippen LogP contribution in [0.3, 0.4) is 0 Å². The van der Waals surface area contributed by atoms with Gasteiger partial charge in [-0.3, -0.25) is 9.69 Å². The molecule has 140 valence electrons. The van der Waals surface area contributed by atoms with E-state index in [1.807, 2.05) is 41.3 Å². The topological polar surface area (TPSA) is 69.8 Å². The second-order valence-corrected chi connectivity index (χ2v) is 7.39. The van der Waals surface area contributed by atoms with E-state index in [4.69, 9.17) is 4.42 Å². The Hall–Kier alpha value is -2.48. The zero-order valence-corrected chi connectivity index (χ0v) is 15.6. The van der Waals surface area contributed by atoms with Crippen molar-refractivity contribution in [3.05, 3.63) is 65.4 Å². The van der Waals surface area contributed by atoms with Crippen LogP contribution in [0.25, 0.3) is 10.8 Å². The van der Waals surface area contributed by atoms with Crippen molar-refractivity contribution in [3.8, 4) is 10.8 Å². The van der Waals surface area contributed by atoms with Gasteiger partial charge in [-0.2, -0.15) is 0 Å². The maximum Gasteiger partial charge on any atom is 0.273 e. The number of benzene rings is 1. The lowest BCUT2D eigenvalue weighted by molar-refractivity contribution is 0.0523. The molecule has 1 atom stereocenters. The summed E-state index contributed by atoms with van der Waals surface area (Å²) in [5, 5.41) is 12.9. The first-order valence-corrected chi connectivity index (χ1v) is 9.83. The van der Waals surface area contributed by atoms with Gasteiger partial charge in [0.2, 0.25) is 0 Å². The largest absolute Gasteiger partial charge is 0.462 e. The predicted octanol–water partition coefficient (Wildman–Crippen LogP) is 2.89. The number of piperazine rings is 1. The number of aromatic nitrogens is 1. The molecule has 0 aliphatic carbocycles. The Kier molecular flexibility index (Phi) is 5.33. The minimum absolute atomic E-state index is 0.0488. The third kappa shape index (κ3) is 4.10. The van der Waals surface area contributed by atoms with Crippen LogP contribution in [0.1, 0.15) is 22.2 Å². The Bertz CT molecular complexity index is 871. The molecule has 1 aliphatic rings. The van der Waals surface area contributed by atoms with Gasteiger partial charge in [0.25, 0.3) is 5.91 Å². The van der Waals surface area contributed by atoms with Crippen LogP contribution in [0.2, 0.25) is 0 Å². The fourth-order valence-corrected chi connectivity index (χ4v) is 3.97. The summed E-state index contributed by atoms with van der Waals surface area (Å²) in [7, 11) is 0. The molecule has 1 fully saturated rings. The SMILES string of the molecule is O=C(c1csc(-c2ccco2)n1)N1CCN(CC(O)c2ccccc2)CC1. The maximum absolute atomic E-state index is 12.7. The van der Waals surface area contributed by atoms with E-state index in [1.54, 1.807) is 17.7 Å². The van der Waals surface area contributed by atoms with Gasteiger partial charge in [0.1, 0.15) is 5.69 Å². The number of rotatable bonds is 5. The molecule has 4 rings (SSSR count). The highest BCUT2D eigenvalue weighted by Crippen LogP contribution is 2.25. The smallest absolute Gasteiger partial charge is 0.273 e. The van der Waals surface area contributed by atoms with Gasteiger partial charge in [0.15, 0.2) is 10.8 Å². The van der Waals surface area contributed by atoms with Crippen LogP contribution in [0.5, 0.6) is 0 Å². The highest BCUT2D eigenvalue weighted by molar-refractivity contribution is 7.13. The molecule has 0 spiro atoms. The lowest BCUT2D eigenvalue weighted by Crippen LogP contribution is -2.49. The van der Waals surface area contributed by atoms with Crippen LogP contribution in [-0.4, -0.2) is 58.5 Å². The summed E-state index contributed by atoms with van der Waals surface area (Å²) < 4.78 is 5.34. The van der Waals surface area contributed by atoms with Gasteiger partial charge < -0.3 is 14.4 Å². The molecular formula is C20H21N3O3S. The standard InChI is InChI=1S/C20H21N3O3S/c24-17(15-5-2-1-3-6-15)13-22-8-10-23(11-9-22)20(25)16-14-27-19(21-16)18-7-4-12-26-18/h1-7,12,14,17,24H,8-11,13H2. The summed E-state index contributed by atoms with van der Waals surface area (Å²) in [6.07, 6.45) is 1.09. The highest BCUT2D eigenvalue weighted by Gasteiger charge is 2.25. The van der Waals surface area contributed by atoms with Gasteiger partial charge in [-0.15, -0.1) is 11.3 Å². The Morgan fingerprint density at radius 1 is 1.15 bits per heavy atom. The molecule has 1 saturated heterocycles. The number of amides is 1. The van der Waals surface area contributed by atoms with Gasteiger partial charge in [-0.05, 0) is 17.7 Å². The molecule has 3 aromatic rings. The number of aliphatic hydroxyl groups is 1.